The third kappa shape index (κ3) is 4.23. The molecular formula is C23H28F3NO. The number of hydrogen-bond acceptors (Lipinski definition) is 1. The topological polar surface area (TPSA) is 29.1 Å². The van der Waals surface area contributed by atoms with Crippen LogP contribution in [0.15, 0.2) is 48.5 Å². The second-order valence-corrected chi connectivity index (χ2v) is 6.75. The number of alkyl halides is 3. The molecule has 0 fully saturated rings. The monoisotopic (exact) mass is 391 g/mol. The lowest BCUT2D eigenvalue weighted by atomic mass is 9.73. The molecule has 28 heavy (non-hydrogen) atoms. The summed E-state index contributed by atoms with van der Waals surface area (Å²) in [5.41, 5.74) is 2.41. The molecule has 152 valence electrons. The van der Waals surface area contributed by atoms with Crippen LogP contribution in [0.4, 0.5) is 13.2 Å². The van der Waals surface area contributed by atoms with Crippen molar-refractivity contribution in [3.8, 4) is 11.1 Å². The van der Waals surface area contributed by atoms with Crippen LogP contribution in [0.2, 0.25) is 0 Å². The first-order valence-corrected chi connectivity index (χ1v) is 9.94. The summed E-state index contributed by atoms with van der Waals surface area (Å²) in [6.45, 7) is 4.75. The zero-order valence-corrected chi connectivity index (χ0v) is 16.7. The Labute approximate surface area is 165 Å². The van der Waals surface area contributed by atoms with Crippen LogP contribution in [0.25, 0.3) is 11.1 Å². The molecule has 1 amide bonds. The van der Waals surface area contributed by atoms with Gasteiger partial charge in [-0.2, -0.15) is 13.2 Å². The van der Waals surface area contributed by atoms with Crippen LogP contribution in [-0.2, 0) is 10.2 Å². The molecule has 0 spiro atoms. The number of halogens is 3. The highest BCUT2D eigenvalue weighted by molar-refractivity contribution is 6.00. The van der Waals surface area contributed by atoms with Crippen LogP contribution in [-0.4, -0.2) is 18.6 Å². The number of hydrogen-bond donors (Lipinski definition) is 1. The lowest BCUT2D eigenvalue weighted by Gasteiger charge is -2.31. The van der Waals surface area contributed by atoms with Crippen molar-refractivity contribution in [2.45, 2.75) is 58.0 Å². The molecule has 1 aliphatic carbocycles. The number of fused-ring (bicyclic) bond motifs is 3. The zero-order valence-electron chi connectivity index (χ0n) is 16.7. The van der Waals surface area contributed by atoms with Crippen molar-refractivity contribution >= 4 is 5.91 Å². The number of rotatable bonds is 6. The first-order chi connectivity index (χ1) is 13.4. The molecule has 0 bridgehead atoms. The fraction of sp³-hybridized carbons (Fsp3) is 0.435. The molecule has 0 saturated carbocycles. The fourth-order valence-electron chi connectivity index (χ4n) is 3.92. The molecular weight excluding hydrogens is 363 g/mol. The van der Waals surface area contributed by atoms with E-state index in [1.54, 1.807) is 0 Å². The predicted molar refractivity (Wildman–Crippen MR) is 107 cm³/mol. The van der Waals surface area contributed by atoms with E-state index in [2.05, 4.69) is 12.2 Å². The summed E-state index contributed by atoms with van der Waals surface area (Å²) < 4.78 is 38.1. The average Bonchev–Trinajstić information content (AvgIpc) is 2.99. The van der Waals surface area contributed by atoms with Crippen molar-refractivity contribution in [2.24, 2.45) is 0 Å². The standard InChI is InChI=1S/C21H22F3NO.C2H6/c1-2-3-8-13-20(19(26)25-14-21(22,23)24)17-11-6-4-9-15(17)16-10-5-7-12-18(16)20;1-2/h4-7,9-12H,2-3,8,13-14H2,1H3,(H,25,26);1-2H3. The van der Waals surface area contributed by atoms with Gasteiger partial charge in [0.1, 0.15) is 12.0 Å². The summed E-state index contributed by atoms with van der Waals surface area (Å²) >= 11 is 0. The summed E-state index contributed by atoms with van der Waals surface area (Å²) in [6, 6.07) is 15.1. The third-order valence-corrected chi connectivity index (χ3v) is 5.06. The normalized spacial score (nSPS) is 13.8. The highest BCUT2D eigenvalue weighted by Crippen LogP contribution is 2.51. The van der Waals surface area contributed by atoms with E-state index in [9.17, 15) is 18.0 Å². The van der Waals surface area contributed by atoms with Gasteiger partial charge in [-0.15, -0.1) is 0 Å². The zero-order chi connectivity index (χ0) is 20.8. The maximum atomic E-state index is 13.1. The minimum atomic E-state index is -4.43. The van der Waals surface area contributed by atoms with Crippen molar-refractivity contribution in [3.63, 3.8) is 0 Å². The summed E-state index contributed by atoms with van der Waals surface area (Å²) in [5, 5.41) is 2.15. The average molecular weight is 391 g/mol. The van der Waals surface area contributed by atoms with Gasteiger partial charge in [0, 0.05) is 0 Å². The van der Waals surface area contributed by atoms with Crippen LogP contribution in [0.1, 0.15) is 57.6 Å². The van der Waals surface area contributed by atoms with Gasteiger partial charge < -0.3 is 5.32 Å². The van der Waals surface area contributed by atoms with Crippen molar-refractivity contribution in [1.29, 1.82) is 0 Å². The van der Waals surface area contributed by atoms with Gasteiger partial charge in [-0.05, 0) is 28.7 Å². The van der Waals surface area contributed by atoms with E-state index in [4.69, 9.17) is 0 Å². The second-order valence-electron chi connectivity index (χ2n) is 6.75. The summed E-state index contributed by atoms with van der Waals surface area (Å²) in [4.78, 5) is 13.1. The van der Waals surface area contributed by atoms with Gasteiger partial charge in [-0.1, -0.05) is 88.6 Å². The molecule has 5 heteroatoms. The van der Waals surface area contributed by atoms with E-state index in [-0.39, 0.29) is 0 Å². The van der Waals surface area contributed by atoms with Crippen molar-refractivity contribution in [3.05, 3.63) is 59.7 Å². The molecule has 0 saturated heterocycles. The summed E-state index contributed by atoms with van der Waals surface area (Å²) in [7, 11) is 0. The van der Waals surface area contributed by atoms with Gasteiger partial charge in [0.05, 0.1) is 0 Å². The molecule has 0 aromatic heterocycles. The van der Waals surface area contributed by atoms with E-state index in [0.717, 1.165) is 41.5 Å². The van der Waals surface area contributed by atoms with E-state index in [1.165, 1.54) is 0 Å². The Balaban J connectivity index is 0.00000136. The third-order valence-electron chi connectivity index (χ3n) is 5.06. The SMILES string of the molecule is CC.CCCCCC1(C(=O)NCC(F)(F)F)c2ccccc2-c2ccccc21. The molecule has 0 radical (unpaired) electrons. The quantitative estimate of drug-likeness (QED) is 0.580. The number of carbonyl (C=O) groups excluding carboxylic acids is 1. The minimum absolute atomic E-state index is 0.499. The van der Waals surface area contributed by atoms with Crippen molar-refractivity contribution in [1.82, 2.24) is 5.32 Å². The Kier molecular flexibility index (Phi) is 7.28. The van der Waals surface area contributed by atoms with E-state index >= 15 is 0 Å². The van der Waals surface area contributed by atoms with Crippen LogP contribution in [0.5, 0.6) is 0 Å². The number of unbranched alkanes of at least 4 members (excludes halogenated alkanes) is 2. The van der Waals surface area contributed by atoms with Crippen LogP contribution in [0.3, 0.4) is 0 Å². The van der Waals surface area contributed by atoms with Crippen LogP contribution < -0.4 is 5.32 Å². The molecule has 3 rings (SSSR count). The lowest BCUT2D eigenvalue weighted by Crippen LogP contribution is -2.47. The second kappa shape index (κ2) is 9.26. The number of carbonyl (C=O) groups is 1. The number of amides is 1. The largest absolute Gasteiger partial charge is 0.405 e. The Morgan fingerprint density at radius 1 is 0.929 bits per heavy atom. The summed E-state index contributed by atoms with van der Waals surface area (Å²) in [6.07, 6.45) is -1.25. The van der Waals surface area contributed by atoms with Gasteiger partial charge >= 0.3 is 6.18 Å². The van der Waals surface area contributed by atoms with Crippen LogP contribution >= 0.6 is 0 Å². The molecule has 1 N–H and O–H groups in total. The van der Waals surface area contributed by atoms with Crippen molar-refractivity contribution in [2.75, 3.05) is 6.54 Å². The fourth-order valence-corrected chi connectivity index (χ4v) is 3.92. The lowest BCUT2D eigenvalue weighted by molar-refractivity contribution is -0.141. The van der Waals surface area contributed by atoms with Gasteiger partial charge in [0.2, 0.25) is 5.91 Å². The number of nitrogens with one attached hydrogen (secondary N) is 1. The summed E-state index contributed by atoms with van der Waals surface area (Å²) in [5.74, 6) is -0.566. The smallest absolute Gasteiger partial charge is 0.346 e. The number of benzene rings is 2. The first-order valence-electron chi connectivity index (χ1n) is 9.94. The maximum Gasteiger partial charge on any atom is 0.405 e. The van der Waals surface area contributed by atoms with Gasteiger partial charge in [-0.3, -0.25) is 4.79 Å². The van der Waals surface area contributed by atoms with E-state index in [0.29, 0.717) is 6.42 Å². The molecule has 0 heterocycles. The molecule has 2 aromatic carbocycles. The van der Waals surface area contributed by atoms with Crippen molar-refractivity contribution < 1.29 is 18.0 Å². The molecule has 0 atom stereocenters. The van der Waals surface area contributed by atoms with E-state index in [1.807, 2.05) is 62.4 Å². The molecule has 2 nitrogen and oxygen atoms in total. The van der Waals surface area contributed by atoms with Gasteiger partial charge in [0.15, 0.2) is 0 Å². The molecule has 0 unspecified atom stereocenters. The first kappa shape index (κ1) is 22.0. The maximum absolute atomic E-state index is 13.1. The Hall–Kier alpha value is -2.30. The molecule has 2 aromatic rings. The van der Waals surface area contributed by atoms with E-state index < -0.39 is 24.0 Å². The Morgan fingerprint density at radius 2 is 1.43 bits per heavy atom. The highest BCUT2D eigenvalue weighted by atomic mass is 19.4. The van der Waals surface area contributed by atoms with Gasteiger partial charge in [0.25, 0.3) is 0 Å². The Bertz CT molecular complexity index is 753. The molecule has 0 aliphatic heterocycles. The van der Waals surface area contributed by atoms with Crippen LogP contribution in [0, 0.1) is 0 Å². The predicted octanol–water partition coefficient (Wildman–Crippen LogP) is 6.24. The molecule has 1 aliphatic rings. The minimum Gasteiger partial charge on any atom is -0.346 e. The van der Waals surface area contributed by atoms with Gasteiger partial charge in [-0.25, -0.2) is 0 Å². The highest BCUT2D eigenvalue weighted by Gasteiger charge is 2.48. The Morgan fingerprint density at radius 3 is 1.89 bits per heavy atom.